The molecule has 3 heterocycles. The Labute approximate surface area is 109 Å². The molecule has 1 aliphatic rings. The standard InChI is InChI=1S/C12H15N3S2/c1-7-11(14-8(2)17-7)10-6-16-12(15-10)9-4-3-5-13-9/h6,9,13H,3-5H2,1-2H3. The van der Waals surface area contributed by atoms with Gasteiger partial charge in [0.2, 0.25) is 0 Å². The second-order valence-corrected chi connectivity index (χ2v) is 6.65. The van der Waals surface area contributed by atoms with Crippen molar-refractivity contribution in [2.24, 2.45) is 0 Å². The highest BCUT2D eigenvalue weighted by Crippen LogP contribution is 2.32. The van der Waals surface area contributed by atoms with Crippen LogP contribution in [-0.2, 0) is 0 Å². The Morgan fingerprint density at radius 3 is 2.88 bits per heavy atom. The third kappa shape index (κ3) is 2.14. The third-order valence-electron chi connectivity index (χ3n) is 3.03. The van der Waals surface area contributed by atoms with Gasteiger partial charge in [0.1, 0.15) is 16.4 Å². The molecule has 0 aliphatic carbocycles. The van der Waals surface area contributed by atoms with Crippen LogP contribution in [0, 0.1) is 13.8 Å². The van der Waals surface area contributed by atoms with E-state index in [4.69, 9.17) is 4.98 Å². The van der Waals surface area contributed by atoms with E-state index in [2.05, 4.69) is 22.6 Å². The van der Waals surface area contributed by atoms with Gasteiger partial charge < -0.3 is 5.32 Å². The van der Waals surface area contributed by atoms with Gasteiger partial charge in [0.25, 0.3) is 0 Å². The SMILES string of the molecule is Cc1nc(-c2csc(C3CCCN3)n2)c(C)s1. The first kappa shape index (κ1) is 11.3. The summed E-state index contributed by atoms with van der Waals surface area (Å²) in [5, 5.41) is 7.95. The second kappa shape index (κ2) is 4.48. The van der Waals surface area contributed by atoms with Crippen molar-refractivity contribution in [3.63, 3.8) is 0 Å². The lowest BCUT2D eigenvalue weighted by atomic mass is 10.2. The highest BCUT2D eigenvalue weighted by molar-refractivity contribution is 7.12. The number of thiazole rings is 2. The van der Waals surface area contributed by atoms with Gasteiger partial charge in [-0.05, 0) is 33.2 Å². The van der Waals surface area contributed by atoms with Crippen molar-refractivity contribution < 1.29 is 0 Å². The molecule has 0 aromatic carbocycles. The molecule has 3 nitrogen and oxygen atoms in total. The van der Waals surface area contributed by atoms with Gasteiger partial charge >= 0.3 is 0 Å². The molecule has 5 heteroatoms. The Kier molecular flexibility index (Phi) is 2.98. The number of nitrogens with one attached hydrogen (secondary N) is 1. The maximum absolute atomic E-state index is 4.74. The van der Waals surface area contributed by atoms with Crippen LogP contribution in [0.3, 0.4) is 0 Å². The fraction of sp³-hybridized carbons (Fsp3) is 0.500. The minimum absolute atomic E-state index is 0.466. The molecule has 0 spiro atoms. The molecule has 0 radical (unpaired) electrons. The minimum atomic E-state index is 0.466. The van der Waals surface area contributed by atoms with E-state index in [1.165, 1.54) is 22.7 Å². The van der Waals surface area contributed by atoms with Gasteiger partial charge in [-0.3, -0.25) is 0 Å². The lowest BCUT2D eigenvalue weighted by molar-refractivity contribution is 0.643. The highest BCUT2D eigenvalue weighted by atomic mass is 32.1. The van der Waals surface area contributed by atoms with Gasteiger partial charge in [-0.15, -0.1) is 22.7 Å². The smallest absolute Gasteiger partial charge is 0.110 e. The Bertz CT molecular complexity index is 524. The summed E-state index contributed by atoms with van der Waals surface area (Å²) >= 11 is 3.49. The quantitative estimate of drug-likeness (QED) is 0.905. The molecule has 0 amide bonds. The second-order valence-electron chi connectivity index (χ2n) is 4.36. The van der Waals surface area contributed by atoms with Crippen molar-refractivity contribution in [3.05, 3.63) is 20.3 Å². The van der Waals surface area contributed by atoms with Crippen LogP contribution in [0.1, 0.15) is 33.8 Å². The summed E-state index contributed by atoms with van der Waals surface area (Å²) in [7, 11) is 0. The van der Waals surface area contributed by atoms with Crippen LogP contribution in [0.2, 0.25) is 0 Å². The molecule has 1 unspecified atom stereocenters. The van der Waals surface area contributed by atoms with Crippen molar-refractivity contribution in [3.8, 4) is 11.4 Å². The van der Waals surface area contributed by atoms with Gasteiger partial charge in [0.05, 0.1) is 11.0 Å². The van der Waals surface area contributed by atoms with Crippen LogP contribution in [-0.4, -0.2) is 16.5 Å². The van der Waals surface area contributed by atoms with E-state index in [-0.39, 0.29) is 0 Å². The number of hydrogen-bond acceptors (Lipinski definition) is 5. The summed E-state index contributed by atoms with van der Waals surface area (Å²) < 4.78 is 0. The molecule has 1 saturated heterocycles. The molecular formula is C12H15N3S2. The van der Waals surface area contributed by atoms with Crippen LogP contribution >= 0.6 is 22.7 Å². The minimum Gasteiger partial charge on any atom is -0.308 e. The van der Waals surface area contributed by atoms with Crippen LogP contribution < -0.4 is 5.32 Å². The van der Waals surface area contributed by atoms with E-state index in [0.717, 1.165) is 22.9 Å². The summed E-state index contributed by atoms with van der Waals surface area (Å²) in [4.78, 5) is 10.6. The molecule has 1 aliphatic heterocycles. The molecule has 1 fully saturated rings. The van der Waals surface area contributed by atoms with Crippen LogP contribution in [0.15, 0.2) is 5.38 Å². The number of rotatable bonds is 2. The van der Waals surface area contributed by atoms with Gasteiger partial charge in [0.15, 0.2) is 0 Å². The van der Waals surface area contributed by atoms with Gasteiger partial charge in [-0.2, -0.15) is 0 Å². The van der Waals surface area contributed by atoms with E-state index in [1.54, 1.807) is 22.7 Å². The highest BCUT2D eigenvalue weighted by Gasteiger charge is 2.20. The van der Waals surface area contributed by atoms with Gasteiger partial charge in [-0.1, -0.05) is 0 Å². The average molecular weight is 265 g/mol. The first-order chi connectivity index (χ1) is 8.24. The molecule has 0 saturated carbocycles. The summed E-state index contributed by atoms with van der Waals surface area (Å²) in [6.45, 7) is 5.29. The van der Waals surface area contributed by atoms with E-state index in [1.807, 2.05) is 6.92 Å². The van der Waals surface area contributed by atoms with Crippen molar-refractivity contribution >= 4 is 22.7 Å². The average Bonchev–Trinajstić information content (AvgIpc) is 2.97. The summed E-state index contributed by atoms with van der Waals surface area (Å²) in [5.41, 5.74) is 2.11. The Morgan fingerprint density at radius 1 is 1.35 bits per heavy atom. The van der Waals surface area contributed by atoms with Crippen molar-refractivity contribution in [1.82, 2.24) is 15.3 Å². The van der Waals surface area contributed by atoms with Crippen molar-refractivity contribution in [2.75, 3.05) is 6.54 Å². The zero-order valence-corrected chi connectivity index (χ0v) is 11.6. The van der Waals surface area contributed by atoms with Gasteiger partial charge in [-0.25, -0.2) is 9.97 Å². The molecule has 17 heavy (non-hydrogen) atoms. The van der Waals surface area contributed by atoms with Crippen LogP contribution in [0.5, 0.6) is 0 Å². The maximum atomic E-state index is 4.74. The topological polar surface area (TPSA) is 37.8 Å². The molecule has 0 bridgehead atoms. The van der Waals surface area contributed by atoms with E-state index >= 15 is 0 Å². The lowest BCUT2D eigenvalue weighted by Gasteiger charge is -2.04. The summed E-state index contributed by atoms with van der Waals surface area (Å²) in [6.07, 6.45) is 2.47. The number of aryl methyl sites for hydroxylation is 2. The lowest BCUT2D eigenvalue weighted by Crippen LogP contribution is -2.12. The Balaban J connectivity index is 1.91. The summed E-state index contributed by atoms with van der Waals surface area (Å²) in [5.74, 6) is 0. The molecule has 1 N–H and O–H groups in total. The van der Waals surface area contributed by atoms with E-state index in [0.29, 0.717) is 6.04 Å². The van der Waals surface area contributed by atoms with Crippen molar-refractivity contribution in [2.45, 2.75) is 32.7 Å². The van der Waals surface area contributed by atoms with Crippen LogP contribution in [0.25, 0.3) is 11.4 Å². The number of nitrogens with zero attached hydrogens (tertiary/aromatic N) is 2. The molecule has 2 aromatic heterocycles. The van der Waals surface area contributed by atoms with E-state index in [9.17, 15) is 0 Å². The normalized spacial score (nSPS) is 20.0. The molecule has 3 rings (SSSR count). The third-order valence-corrected chi connectivity index (χ3v) is 4.87. The molecule has 1 atom stereocenters. The van der Waals surface area contributed by atoms with Gasteiger partial charge in [0, 0.05) is 10.3 Å². The summed E-state index contributed by atoms with van der Waals surface area (Å²) in [6, 6.07) is 0.466. The Hall–Kier alpha value is -0.780. The predicted octanol–water partition coefficient (Wildman–Crippen LogP) is 3.31. The molecular weight excluding hydrogens is 250 g/mol. The molecule has 2 aromatic rings. The molecule has 90 valence electrons. The van der Waals surface area contributed by atoms with Crippen LogP contribution in [0.4, 0.5) is 0 Å². The first-order valence-corrected chi connectivity index (χ1v) is 7.57. The zero-order valence-electron chi connectivity index (χ0n) is 9.99. The Morgan fingerprint density at radius 2 is 2.24 bits per heavy atom. The predicted molar refractivity (Wildman–Crippen MR) is 72.7 cm³/mol. The largest absolute Gasteiger partial charge is 0.308 e. The fourth-order valence-corrected chi connectivity index (χ4v) is 3.96. The monoisotopic (exact) mass is 265 g/mol. The first-order valence-electron chi connectivity index (χ1n) is 5.87. The van der Waals surface area contributed by atoms with Crippen molar-refractivity contribution in [1.29, 1.82) is 0 Å². The maximum Gasteiger partial charge on any atom is 0.110 e. The fourth-order valence-electron chi connectivity index (χ4n) is 2.22. The zero-order chi connectivity index (χ0) is 11.8. The number of aromatic nitrogens is 2. The van der Waals surface area contributed by atoms with E-state index < -0.39 is 0 Å². The number of hydrogen-bond donors (Lipinski definition) is 1.